The molecule has 0 spiro atoms. The summed E-state index contributed by atoms with van der Waals surface area (Å²) < 4.78 is 13.3. The van der Waals surface area contributed by atoms with Crippen LogP contribution >= 0.6 is 0 Å². The van der Waals surface area contributed by atoms with Gasteiger partial charge in [0.1, 0.15) is 5.82 Å². The van der Waals surface area contributed by atoms with Gasteiger partial charge in [-0.15, -0.1) is 0 Å². The van der Waals surface area contributed by atoms with Crippen LogP contribution in [-0.4, -0.2) is 14.1 Å². The highest BCUT2D eigenvalue weighted by Gasteiger charge is 2.10. The van der Waals surface area contributed by atoms with E-state index in [0.29, 0.717) is 0 Å². The molecule has 0 fully saturated rings. The first-order chi connectivity index (χ1) is 9.60. The molecule has 0 saturated carbocycles. The first-order valence-corrected chi connectivity index (χ1v) is 6.89. The number of rotatable bonds is 5. The Labute approximate surface area is 120 Å². The van der Waals surface area contributed by atoms with Crippen molar-refractivity contribution < 1.29 is 4.39 Å². The van der Waals surface area contributed by atoms with E-state index in [4.69, 9.17) is 0 Å². The second-order valence-electron chi connectivity index (χ2n) is 5.10. The van der Waals surface area contributed by atoms with E-state index in [9.17, 15) is 4.39 Å². The predicted molar refractivity (Wildman–Crippen MR) is 83.8 cm³/mol. The summed E-state index contributed by atoms with van der Waals surface area (Å²) in [4.78, 5) is 2.06. The average molecular weight is 272 g/mol. The van der Waals surface area contributed by atoms with Crippen molar-refractivity contribution in [2.45, 2.75) is 19.4 Å². The quantitative estimate of drug-likeness (QED) is 0.864. The van der Waals surface area contributed by atoms with Gasteiger partial charge in [0, 0.05) is 25.5 Å². The molecule has 1 N–H and O–H groups in total. The fraction of sp³-hybridized carbons (Fsp3) is 0.294. The lowest BCUT2D eigenvalue weighted by Gasteiger charge is -2.20. The molecule has 2 aromatic carbocycles. The summed E-state index contributed by atoms with van der Waals surface area (Å²) in [5.74, 6) is -0.190. The standard InChI is InChI=1S/C17H21FN2/c1-4-17(13-7-5-8-14(18)11-13)19-15-9-6-10-16(12-15)20(2)3/h5-12,17,19H,4H2,1-3H3. The van der Waals surface area contributed by atoms with Crippen LogP contribution in [0.2, 0.25) is 0 Å². The largest absolute Gasteiger partial charge is 0.378 e. The van der Waals surface area contributed by atoms with Gasteiger partial charge in [0.05, 0.1) is 6.04 Å². The lowest BCUT2D eigenvalue weighted by Crippen LogP contribution is -2.12. The lowest BCUT2D eigenvalue weighted by atomic mass is 10.0. The highest BCUT2D eigenvalue weighted by atomic mass is 19.1. The van der Waals surface area contributed by atoms with E-state index in [0.717, 1.165) is 23.4 Å². The summed E-state index contributed by atoms with van der Waals surface area (Å²) in [6, 6.07) is 15.1. The van der Waals surface area contributed by atoms with Gasteiger partial charge in [0.2, 0.25) is 0 Å². The summed E-state index contributed by atoms with van der Waals surface area (Å²) in [6.45, 7) is 2.10. The fourth-order valence-electron chi connectivity index (χ4n) is 2.22. The van der Waals surface area contributed by atoms with E-state index in [1.165, 1.54) is 6.07 Å². The molecule has 0 heterocycles. The number of halogens is 1. The van der Waals surface area contributed by atoms with E-state index in [1.807, 2.05) is 32.3 Å². The van der Waals surface area contributed by atoms with Crippen LogP contribution in [0.1, 0.15) is 24.9 Å². The van der Waals surface area contributed by atoms with Gasteiger partial charge in [-0.2, -0.15) is 0 Å². The molecule has 0 bridgehead atoms. The molecule has 3 heteroatoms. The van der Waals surface area contributed by atoms with Gasteiger partial charge >= 0.3 is 0 Å². The summed E-state index contributed by atoms with van der Waals surface area (Å²) >= 11 is 0. The average Bonchev–Trinajstić information content (AvgIpc) is 2.45. The SMILES string of the molecule is CCC(Nc1cccc(N(C)C)c1)c1cccc(F)c1. The highest BCUT2D eigenvalue weighted by Crippen LogP contribution is 2.25. The minimum absolute atomic E-state index is 0.114. The van der Waals surface area contributed by atoms with Crippen molar-refractivity contribution in [3.63, 3.8) is 0 Å². The third kappa shape index (κ3) is 3.50. The first-order valence-electron chi connectivity index (χ1n) is 6.89. The van der Waals surface area contributed by atoms with Crippen LogP contribution in [0.4, 0.5) is 15.8 Å². The zero-order valence-corrected chi connectivity index (χ0v) is 12.2. The molecule has 0 aliphatic carbocycles. The third-order valence-electron chi connectivity index (χ3n) is 3.36. The van der Waals surface area contributed by atoms with Gasteiger partial charge < -0.3 is 10.2 Å². The summed E-state index contributed by atoms with van der Waals surface area (Å²) in [5, 5.41) is 3.47. The van der Waals surface area contributed by atoms with Gasteiger partial charge in [-0.1, -0.05) is 25.1 Å². The maximum atomic E-state index is 13.3. The van der Waals surface area contributed by atoms with Gasteiger partial charge in [0.15, 0.2) is 0 Å². The predicted octanol–water partition coefficient (Wildman–Crippen LogP) is 4.45. The van der Waals surface area contributed by atoms with E-state index < -0.39 is 0 Å². The molecule has 0 aromatic heterocycles. The summed E-state index contributed by atoms with van der Waals surface area (Å²) in [7, 11) is 4.03. The number of nitrogens with one attached hydrogen (secondary N) is 1. The van der Waals surface area contributed by atoms with E-state index >= 15 is 0 Å². The number of anilines is 2. The van der Waals surface area contributed by atoms with Crippen molar-refractivity contribution in [2.75, 3.05) is 24.3 Å². The zero-order chi connectivity index (χ0) is 14.5. The van der Waals surface area contributed by atoms with Crippen LogP contribution in [0.15, 0.2) is 48.5 Å². The van der Waals surface area contributed by atoms with Gasteiger partial charge in [-0.05, 0) is 42.3 Å². The summed E-state index contributed by atoms with van der Waals surface area (Å²) in [6.07, 6.45) is 0.898. The molecule has 1 unspecified atom stereocenters. The lowest BCUT2D eigenvalue weighted by molar-refractivity contribution is 0.621. The van der Waals surface area contributed by atoms with Crippen molar-refractivity contribution in [1.29, 1.82) is 0 Å². The smallest absolute Gasteiger partial charge is 0.123 e. The van der Waals surface area contributed by atoms with Gasteiger partial charge in [0.25, 0.3) is 0 Å². The molecule has 2 rings (SSSR count). The maximum Gasteiger partial charge on any atom is 0.123 e. The molecule has 20 heavy (non-hydrogen) atoms. The van der Waals surface area contributed by atoms with E-state index in [-0.39, 0.29) is 11.9 Å². The molecule has 2 nitrogen and oxygen atoms in total. The van der Waals surface area contributed by atoms with E-state index in [2.05, 4.69) is 29.3 Å². The van der Waals surface area contributed by atoms with Crippen molar-refractivity contribution in [3.8, 4) is 0 Å². The molecule has 0 aliphatic rings. The van der Waals surface area contributed by atoms with Crippen LogP contribution in [0.25, 0.3) is 0 Å². The van der Waals surface area contributed by atoms with Crippen LogP contribution < -0.4 is 10.2 Å². The Morgan fingerprint density at radius 2 is 1.85 bits per heavy atom. The molecule has 2 aromatic rings. The topological polar surface area (TPSA) is 15.3 Å². The Bertz CT molecular complexity index is 566. The maximum absolute atomic E-state index is 13.3. The van der Waals surface area contributed by atoms with Crippen molar-refractivity contribution in [3.05, 3.63) is 59.9 Å². The first kappa shape index (κ1) is 14.4. The Balaban J connectivity index is 2.20. The number of hydrogen-bond donors (Lipinski definition) is 1. The third-order valence-corrected chi connectivity index (χ3v) is 3.36. The molecule has 106 valence electrons. The van der Waals surface area contributed by atoms with Crippen molar-refractivity contribution in [1.82, 2.24) is 0 Å². The molecule has 0 saturated heterocycles. The zero-order valence-electron chi connectivity index (χ0n) is 12.2. The van der Waals surface area contributed by atoms with Crippen LogP contribution in [0.3, 0.4) is 0 Å². The number of benzene rings is 2. The Morgan fingerprint density at radius 1 is 1.10 bits per heavy atom. The fourth-order valence-corrected chi connectivity index (χ4v) is 2.22. The van der Waals surface area contributed by atoms with Gasteiger partial charge in [-0.3, -0.25) is 0 Å². The molecule has 0 aliphatic heterocycles. The van der Waals surface area contributed by atoms with Crippen LogP contribution in [-0.2, 0) is 0 Å². The minimum Gasteiger partial charge on any atom is -0.378 e. The second-order valence-corrected chi connectivity index (χ2v) is 5.10. The minimum atomic E-state index is -0.190. The van der Waals surface area contributed by atoms with Gasteiger partial charge in [-0.25, -0.2) is 4.39 Å². The summed E-state index contributed by atoms with van der Waals surface area (Å²) in [5.41, 5.74) is 3.17. The Hall–Kier alpha value is -2.03. The normalized spacial score (nSPS) is 12.0. The van der Waals surface area contributed by atoms with Crippen LogP contribution in [0.5, 0.6) is 0 Å². The molecular weight excluding hydrogens is 251 g/mol. The van der Waals surface area contributed by atoms with Crippen molar-refractivity contribution >= 4 is 11.4 Å². The van der Waals surface area contributed by atoms with Crippen LogP contribution in [0, 0.1) is 5.82 Å². The monoisotopic (exact) mass is 272 g/mol. The van der Waals surface area contributed by atoms with E-state index in [1.54, 1.807) is 12.1 Å². The molecule has 1 atom stereocenters. The molecule has 0 radical (unpaired) electrons. The highest BCUT2D eigenvalue weighted by molar-refractivity contribution is 5.58. The molecule has 0 amide bonds. The number of hydrogen-bond acceptors (Lipinski definition) is 2. The Morgan fingerprint density at radius 3 is 2.50 bits per heavy atom. The Kier molecular flexibility index (Phi) is 4.61. The molecular formula is C17H21FN2. The number of nitrogens with zero attached hydrogens (tertiary/aromatic N) is 1. The van der Waals surface area contributed by atoms with Crippen molar-refractivity contribution in [2.24, 2.45) is 0 Å². The second kappa shape index (κ2) is 6.42.